The quantitative estimate of drug-likeness (QED) is 0.388. The lowest BCUT2D eigenvalue weighted by Gasteiger charge is -2.32. The van der Waals surface area contributed by atoms with Crippen LogP contribution in [0.25, 0.3) is 10.2 Å². The van der Waals surface area contributed by atoms with Crippen LogP contribution < -0.4 is 10.6 Å². The summed E-state index contributed by atoms with van der Waals surface area (Å²) < 4.78 is 16.0. The normalized spacial score (nSPS) is 20.3. The molecular weight excluding hydrogens is 503 g/mol. The van der Waals surface area contributed by atoms with Gasteiger partial charge in [-0.25, -0.2) is 9.37 Å². The summed E-state index contributed by atoms with van der Waals surface area (Å²) in [6.07, 6.45) is 5.88. The first-order valence-corrected chi connectivity index (χ1v) is 14.0. The smallest absolute Gasteiger partial charge is 0.256 e. The minimum Gasteiger partial charge on any atom is -0.366 e. The highest BCUT2D eigenvalue weighted by molar-refractivity contribution is 7.17. The number of hydrogen-bond donors (Lipinski definition) is 2. The van der Waals surface area contributed by atoms with Gasteiger partial charge in [-0.3, -0.25) is 9.59 Å². The van der Waals surface area contributed by atoms with Gasteiger partial charge in [0.05, 0.1) is 15.8 Å². The number of aromatic nitrogens is 2. The summed E-state index contributed by atoms with van der Waals surface area (Å²) in [5.74, 6) is 0.778. The number of nitrogens with zero attached hydrogens (tertiary/aromatic N) is 4. The molecule has 1 saturated heterocycles. The predicted molar refractivity (Wildman–Crippen MR) is 150 cm³/mol. The highest BCUT2D eigenvalue weighted by atomic mass is 32.1. The van der Waals surface area contributed by atoms with E-state index in [0.29, 0.717) is 37.1 Å². The first-order valence-electron chi connectivity index (χ1n) is 13.1. The molecule has 0 radical (unpaired) electrons. The molecule has 2 N–H and O–H groups in total. The topological polar surface area (TPSA) is 90.5 Å². The third-order valence-electron chi connectivity index (χ3n) is 7.45. The Labute approximate surface area is 225 Å². The Morgan fingerprint density at radius 2 is 1.89 bits per heavy atom. The molecule has 1 saturated carbocycles. The van der Waals surface area contributed by atoms with E-state index in [9.17, 15) is 14.0 Å². The van der Waals surface area contributed by atoms with E-state index in [4.69, 9.17) is 4.98 Å². The lowest BCUT2D eigenvalue weighted by molar-refractivity contribution is -0.115. The van der Waals surface area contributed by atoms with E-state index in [1.807, 2.05) is 18.5 Å². The number of halogens is 1. The molecule has 1 aliphatic heterocycles. The van der Waals surface area contributed by atoms with E-state index in [1.165, 1.54) is 18.2 Å². The van der Waals surface area contributed by atoms with Crippen molar-refractivity contribution in [2.24, 2.45) is 5.92 Å². The Morgan fingerprint density at radius 3 is 2.61 bits per heavy atom. The molecule has 200 valence electrons. The van der Waals surface area contributed by atoms with Gasteiger partial charge in [-0.2, -0.15) is 4.98 Å². The number of allylic oxidation sites excluding steroid dienone is 1. The predicted octanol–water partition coefficient (Wildman–Crippen LogP) is 5.08. The standard InChI is InChI=1S/C28H33FN6O2S/c1-3-21(36)16-18-4-6-19(7-5-18)30-26-25-24(10-15-38-25)32-28(33-26)31-20-8-9-22(23(29)17-20)27(37)35-13-11-34(2)12-14-35/h3,8-10,15,17-19H,1,4-7,11-14,16H2,2H3,(H2,30,31,32,33). The largest absolute Gasteiger partial charge is 0.366 e. The molecule has 10 heteroatoms. The Balaban J connectivity index is 1.27. The summed E-state index contributed by atoms with van der Waals surface area (Å²) in [6, 6.07) is 6.73. The molecule has 1 amide bonds. The number of likely N-dealkylation sites (N-methyl/N-ethyl adjacent to an activating group) is 1. The summed E-state index contributed by atoms with van der Waals surface area (Å²) >= 11 is 1.57. The molecule has 38 heavy (non-hydrogen) atoms. The molecule has 3 aromatic rings. The fourth-order valence-electron chi connectivity index (χ4n) is 5.16. The van der Waals surface area contributed by atoms with E-state index < -0.39 is 5.82 Å². The van der Waals surface area contributed by atoms with Crippen LogP contribution in [0.15, 0.2) is 42.3 Å². The zero-order chi connectivity index (χ0) is 26.6. The van der Waals surface area contributed by atoms with E-state index in [2.05, 4.69) is 27.1 Å². The Kier molecular flexibility index (Phi) is 7.99. The molecule has 2 fully saturated rings. The van der Waals surface area contributed by atoms with Gasteiger partial charge in [0, 0.05) is 44.3 Å². The molecule has 0 spiro atoms. The molecule has 1 aromatic carbocycles. The van der Waals surface area contributed by atoms with Crippen molar-refractivity contribution in [1.29, 1.82) is 0 Å². The second-order valence-electron chi connectivity index (χ2n) is 10.2. The van der Waals surface area contributed by atoms with Crippen molar-refractivity contribution in [1.82, 2.24) is 19.8 Å². The third kappa shape index (κ3) is 6.02. The summed E-state index contributed by atoms with van der Waals surface area (Å²) in [5.41, 5.74) is 1.36. The van der Waals surface area contributed by atoms with Gasteiger partial charge in [0.2, 0.25) is 5.95 Å². The summed E-state index contributed by atoms with van der Waals surface area (Å²) in [7, 11) is 2.01. The Bertz CT molecular complexity index is 1330. The molecule has 2 aliphatic rings. The van der Waals surface area contributed by atoms with Crippen molar-refractivity contribution in [2.75, 3.05) is 43.9 Å². The number of nitrogens with one attached hydrogen (secondary N) is 2. The average molecular weight is 537 g/mol. The monoisotopic (exact) mass is 536 g/mol. The number of piperazine rings is 1. The van der Waals surface area contributed by atoms with Crippen molar-refractivity contribution in [3.63, 3.8) is 0 Å². The van der Waals surface area contributed by atoms with Gasteiger partial charge in [0.1, 0.15) is 11.6 Å². The van der Waals surface area contributed by atoms with Crippen molar-refractivity contribution in [3.8, 4) is 0 Å². The molecule has 2 aromatic heterocycles. The first kappa shape index (κ1) is 26.2. The van der Waals surface area contributed by atoms with Gasteiger partial charge in [0.25, 0.3) is 5.91 Å². The number of rotatable bonds is 8. The third-order valence-corrected chi connectivity index (χ3v) is 8.37. The highest BCUT2D eigenvalue weighted by Crippen LogP contribution is 2.33. The summed E-state index contributed by atoms with van der Waals surface area (Å²) in [4.78, 5) is 37.7. The number of hydrogen-bond acceptors (Lipinski definition) is 8. The van der Waals surface area contributed by atoms with Crippen molar-refractivity contribution < 1.29 is 14.0 Å². The van der Waals surface area contributed by atoms with Crippen LogP contribution >= 0.6 is 11.3 Å². The molecular formula is C28H33FN6O2S. The number of benzene rings is 1. The molecule has 0 bridgehead atoms. The van der Waals surface area contributed by atoms with Crippen LogP contribution in [-0.4, -0.2) is 70.7 Å². The number of anilines is 3. The number of carbonyl (C=O) groups is 2. The SMILES string of the molecule is C=CC(=O)CC1CCC(Nc2nc(Nc3ccc(C(=O)N4CCN(C)CC4)c(F)c3)nc3ccsc23)CC1. The first-order chi connectivity index (χ1) is 18.4. The van der Waals surface area contributed by atoms with Gasteiger partial charge in [-0.05, 0) is 74.4 Å². The van der Waals surface area contributed by atoms with Gasteiger partial charge in [-0.1, -0.05) is 6.58 Å². The van der Waals surface area contributed by atoms with E-state index in [1.54, 1.807) is 22.3 Å². The van der Waals surface area contributed by atoms with E-state index >= 15 is 0 Å². The van der Waals surface area contributed by atoms with Crippen molar-refractivity contribution in [3.05, 3.63) is 53.7 Å². The maximum atomic E-state index is 15.0. The molecule has 0 atom stereocenters. The van der Waals surface area contributed by atoms with Gasteiger partial charge in [0.15, 0.2) is 5.78 Å². The van der Waals surface area contributed by atoms with Crippen molar-refractivity contribution >= 4 is 50.7 Å². The molecule has 8 nitrogen and oxygen atoms in total. The lowest BCUT2D eigenvalue weighted by atomic mass is 9.83. The average Bonchev–Trinajstić information content (AvgIpc) is 3.39. The van der Waals surface area contributed by atoms with Crippen LogP contribution in [0, 0.1) is 11.7 Å². The van der Waals surface area contributed by atoms with Crippen LogP contribution in [0.4, 0.5) is 21.8 Å². The number of thiophene rings is 1. The molecule has 5 rings (SSSR count). The van der Waals surface area contributed by atoms with Crippen LogP contribution in [0.2, 0.25) is 0 Å². The van der Waals surface area contributed by atoms with Gasteiger partial charge >= 0.3 is 0 Å². The van der Waals surface area contributed by atoms with Crippen LogP contribution in [0.5, 0.6) is 0 Å². The lowest BCUT2D eigenvalue weighted by Crippen LogP contribution is -2.47. The maximum Gasteiger partial charge on any atom is 0.256 e. The van der Waals surface area contributed by atoms with Gasteiger partial charge < -0.3 is 20.4 Å². The van der Waals surface area contributed by atoms with Crippen LogP contribution in [0.3, 0.4) is 0 Å². The molecule has 1 aliphatic carbocycles. The second kappa shape index (κ2) is 11.6. The molecule has 3 heterocycles. The zero-order valence-corrected chi connectivity index (χ0v) is 22.4. The number of carbonyl (C=O) groups excluding carboxylic acids is 2. The summed E-state index contributed by atoms with van der Waals surface area (Å²) in [6.45, 7) is 6.32. The maximum absolute atomic E-state index is 15.0. The van der Waals surface area contributed by atoms with E-state index in [-0.39, 0.29) is 23.3 Å². The fraction of sp³-hybridized carbons (Fsp3) is 0.429. The fourth-order valence-corrected chi connectivity index (χ4v) is 5.95. The van der Waals surface area contributed by atoms with Gasteiger partial charge in [-0.15, -0.1) is 11.3 Å². The van der Waals surface area contributed by atoms with Crippen LogP contribution in [-0.2, 0) is 4.79 Å². The minimum atomic E-state index is -0.569. The summed E-state index contributed by atoms with van der Waals surface area (Å²) in [5, 5.41) is 8.68. The number of amides is 1. The Hall–Kier alpha value is -3.37. The second-order valence-corrected chi connectivity index (χ2v) is 11.1. The minimum absolute atomic E-state index is 0.0713. The molecule has 0 unspecified atom stereocenters. The van der Waals surface area contributed by atoms with Crippen molar-refractivity contribution in [2.45, 2.75) is 38.1 Å². The highest BCUT2D eigenvalue weighted by Gasteiger charge is 2.25. The zero-order valence-electron chi connectivity index (χ0n) is 21.6. The van der Waals surface area contributed by atoms with E-state index in [0.717, 1.165) is 54.8 Å². The van der Waals surface area contributed by atoms with Crippen LogP contribution in [0.1, 0.15) is 42.5 Å². The number of ketones is 1. The Morgan fingerprint density at radius 1 is 1.13 bits per heavy atom. The number of fused-ring (bicyclic) bond motifs is 1.